The van der Waals surface area contributed by atoms with Crippen molar-refractivity contribution >= 4 is 57.8 Å². The summed E-state index contributed by atoms with van der Waals surface area (Å²) in [6.45, 7) is 0.530. The maximum Gasteiger partial charge on any atom is 0.502 e. The lowest BCUT2D eigenvalue weighted by Crippen LogP contribution is -2.39. The van der Waals surface area contributed by atoms with Crippen molar-refractivity contribution in [1.82, 2.24) is 19.5 Å². The predicted octanol–water partition coefficient (Wildman–Crippen LogP) is 1.43. The molecule has 1 unspecified atom stereocenters. The number of hydrogen-bond donors (Lipinski definition) is 3. The summed E-state index contributed by atoms with van der Waals surface area (Å²) >= 11 is 3.29. The number of nitrogens with two attached hydrogens (primary N) is 1. The molecule has 1 aromatic carbocycles. The number of nitrogens with zero attached hydrogens (tertiary/aromatic N) is 3. The van der Waals surface area contributed by atoms with E-state index in [1.165, 1.54) is 30.0 Å². The number of nitrogen functional groups attached to an aromatic ring is 1. The smallest absolute Gasteiger partial charge is 0.425 e. The number of aliphatic hydroxyl groups excluding tert-OH is 1. The third-order valence-electron chi connectivity index (χ3n) is 6.18. The summed E-state index contributed by atoms with van der Waals surface area (Å²) in [5, 5.41) is 11.3. The first-order valence-corrected chi connectivity index (χ1v) is 14.0. The molecule has 3 aromatic heterocycles. The number of benzene rings is 1. The van der Waals surface area contributed by atoms with E-state index in [-0.39, 0.29) is 40.6 Å². The highest BCUT2D eigenvalue weighted by molar-refractivity contribution is 9.10. The summed E-state index contributed by atoms with van der Waals surface area (Å²) in [7, 11) is -4.38. The number of ether oxygens (including phenoxy) is 2. The van der Waals surface area contributed by atoms with Gasteiger partial charge in [0.05, 0.1) is 17.4 Å². The summed E-state index contributed by atoms with van der Waals surface area (Å²) in [5.41, 5.74) is 4.74. The van der Waals surface area contributed by atoms with E-state index in [2.05, 4.69) is 30.9 Å². The fraction of sp³-hybridized carbons (Fsp3) is 0.318. The Kier molecular flexibility index (Phi) is 7.03. The van der Waals surface area contributed by atoms with Crippen LogP contribution in [0.15, 0.2) is 43.0 Å². The number of phosphoric acid groups is 1. The van der Waals surface area contributed by atoms with Crippen molar-refractivity contribution in [3.63, 3.8) is 0 Å². The second kappa shape index (κ2) is 10.4. The highest BCUT2D eigenvalue weighted by Gasteiger charge is 2.54. The van der Waals surface area contributed by atoms with Gasteiger partial charge in [-0.15, -0.1) is 4.67 Å². The number of aliphatic hydroxyl groups is 1. The maximum atomic E-state index is 13.2. The zero-order valence-corrected chi connectivity index (χ0v) is 23.2. The fourth-order valence-electron chi connectivity index (χ4n) is 4.46. The van der Waals surface area contributed by atoms with E-state index in [0.717, 1.165) is 6.07 Å². The van der Waals surface area contributed by atoms with Gasteiger partial charge in [-0.3, -0.25) is 28.2 Å². The predicted molar refractivity (Wildman–Crippen MR) is 138 cm³/mol. The van der Waals surface area contributed by atoms with Crippen molar-refractivity contribution in [2.75, 3.05) is 12.3 Å². The number of anilines is 1. The molecule has 6 rings (SSSR count). The molecule has 0 bridgehead atoms. The first-order chi connectivity index (χ1) is 19.5. The van der Waals surface area contributed by atoms with Gasteiger partial charge in [0.25, 0.3) is 5.56 Å². The molecule has 19 heteroatoms. The van der Waals surface area contributed by atoms with Crippen LogP contribution in [0.25, 0.3) is 22.1 Å². The molecular weight excluding hydrogens is 637 g/mol. The Hall–Kier alpha value is -3.48. The lowest BCUT2D eigenvalue weighted by Gasteiger charge is -2.29. The van der Waals surface area contributed by atoms with E-state index in [4.69, 9.17) is 38.2 Å². The van der Waals surface area contributed by atoms with Crippen LogP contribution in [0.2, 0.25) is 0 Å². The SMILES string of the molecule is CC(=O)Oc1cc2oc(=O)cc(COOP3(=O)OC[C@H]4O[C@@H](n5cnc6c(=O)[nH]c(N)nc65)[C@H](O)[C@@H]4O3)c2cc1Br. The van der Waals surface area contributed by atoms with Gasteiger partial charge in [-0.05, 0) is 27.6 Å². The summed E-state index contributed by atoms with van der Waals surface area (Å²) in [6, 6.07) is 4.03. The molecule has 2 aliphatic rings. The highest BCUT2D eigenvalue weighted by atomic mass is 79.9. The van der Waals surface area contributed by atoms with Crippen LogP contribution in [0.5, 0.6) is 5.75 Å². The van der Waals surface area contributed by atoms with E-state index in [1.54, 1.807) is 0 Å². The minimum absolute atomic E-state index is 0.0263. The van der Waals surface area contributed by atoms with Gasteiger partial charge in [0.1, 0.15) is 36.3 Å². The number of phosphoric ester groups is 1. The van der Waals surface area contributed by atoms with Gasteiger partial charge < -0.3 is 24.7 Å². The highest BCUT2D eigenvalue weighted by Crippen LogP contribution is 2.57. The molecule has 0 saturated carbocycles. The molecule has 17 nitrogen and oxygen atoms in total. The lowest BCUT2D eigenvalue weighted by atomic mass is 10.1. The number of hydrogen-bond acceptors (Lipinski definition) is 15. The van der Waals surface area contributed by atoms with Crippen molar-refractivity contribution in [2.24, 2.45) is 0 Å². The fourth-order valence-corrected chi connectivity index (χ4v) is 6.09. The lowest BCUT2D eigenvalue weighted by molar-refractivity contribution is -0.246. The van der Waals surface area contributed by atoms with Crippen molar-refractivity contribution < 1.29 is 47.0 Å². The van der Waals surface area contributed by atoms with Crippen molar-refractivity contribution in [2.45, 2.75) is 38.1 Å². The molecule has 5 atom stereocenters. The monoisotopic (exact) mass is 655 g/mol. The van der Waals surface area contributed by atoms with E-state index in [0.29, 0.717) is 9.86 Å². The van der Waals surface area contributed by atoms with Crippen LogP contribution in [0.4, 0.5) is 5.95 Å². The number of halogens is 1. The molecule has 4 aromatic rings. The quantitative estimate of drug-likeness (QED) is 0.0666. The number of carbonyl (C=O) groups is 1. The van der Waals surface area contributed by atoms with Gasteiger partial charge in [-0.1, -0.05) is 0 Å². The minimum atomic E-state index is -4.38. The molecule has 41 heavy (non-hydrogen) atoms. The second-order valence-electron chi connectivity index (χ2n) is 8.94. The third-order valence-corrected chi connectivity index (χ3v) is 8.05. The van der Waals surface area contributed by atoms with Gasteiger partial charge in [0, 0.05) is 24.4 Å². The Balaban J connectivity index is 1.16. The Morgan fingerprint density at radius 1 is 1.34 bits per heavy atom. The number of aromatic nitrogens is 4. The van der Waals surface area contributed by atoms with Crippen molar-refractivity contribution in [1.29, 1.82) is 0 Å². The topological polar surface area (TPSA) is 230 Å². The van der Waals surface area contributed by atoms with E-state index in [9.17, 15) is 24.1 Å². The van der Waals surface area contributed by atoms with Gasteiger partial charge >= 0.3 is 19.4 Å². The van der Waals surface area contributed by atoms with Crippen molar-refractivity contribution in [3.05, 3.63) is 55.3 Å². The molecule has 2 aliphatic heterocycles. The Labute approximate surface area is 235 Å². The number of rotatable bonds is 6. The van der Waals surface area contributed by atoms with Gasteiger partial charge in [0.15, 0.2) is 17.4 Å². The minimum Gasteiger partial charge on any atom is -0.425 e. The van der Waals surface area contributed by atoms with E-state index < -0.39 is 56.1 Å². The zero-order chi connectivity index (χ0) is 29.1. The van der Waals surface area contributed by atoms with Crippen LogP contribution in [0.1, 0.15) is 18.7 Å². The van der Waals surface area contributed by atoms with E-state index >= 15 is 0 Å². The largest absolute Gasteiger partial charge is 0.502 e. The number of fused-ring (bicyclic) bond motifs is 3. The second-order valence-corrected chi connectivity index (χ2v) is 11.3. The summed E-state index contributed by atoms with van der Waals surface area (Å²) < 4.78 is 46.6. The molecule has 0 aliphatic carbocycles. The van der Waals surface area contributed by atoms with Crippen LogP contribution in [-0.4, -0.2) is 55.5 Å². The number of nitrogens with one attached hydrogen (secondary N) is 1. The van der Waals surface area contributed by atoms with E-state index in [1.807, 2.05) is 0 Å². The third kappa shape index (κ3) is 5.20. The van der Waals surface area contributed by atoms with Gasteiger partial charge in [-0.2, -0.15) is 4.98 Å². The average molecular weight is 656 g/mol. The summed E-state index contributed by atoms with van der Waals surface area (Å²) in [5.74, 6) is -0.598. The standard InChI is InChI=1S/C22H19BrN5O12P/c1-8(29)36-13-4-12-10(3-11(13)23)9(2-15(30)37-12)5-34-40-41(33)35-6-14-18(39-41)17(31)21(38-14)28-7-25-16-19(28)26-22(24)27-20(16)32/h2-4,7,14,17-18,21,31H,5-6H2,1H3,(H3,24,26,27,32)/t14-,17-,18-,21-,41?/m1/s1. The molecule has 5 heterocycles. The first kappa shape index (κ1) is 27.7. The van der Waals surface area contributed by atoms with Crippen LogP contribution in [-0.2, 0) is 39.3 Å². The van der Waals surface area contributed by atoms with Crippen LogP contribution in [0, 0.1) is 0 Å². The first-order valence-electron chi connectivity index (χ1n) is 11.8. The van der Waals surface area contributed by atoms with Crippen molar-refractivity contribution in [3.8, 4) is 5.75 Å². The number of carbonyl (C=O) groups excluding carboxylic acids is 1. The Bertz CT molecular complexity index is 1860. The molecule has 4 N–H and O–H groups in total. The molecule has 2 saturated heterocycles. The molecular formula is C22H19BrN5O12P. The Morgan fingerprint density at radius 2 is 2.15 bits per heavy atom. The number of imidazole rings is 1. The zero-order valence-electron chi connectivity index (χ0n) is 20.7. The molecule has 0 radical (unpaired) electrons. The Morgan fingerprint density at radius 3 is 2.93 bits per heavy atom. The van der Waals surface area contributed by atoms with Crippen LogP contribution >= 0.6 is 23.8 Å². The molecule has 0 amide bonds. The maximum absolute atomic E-state index is 13.2. The molecule has 0 spiro atoms. The van der Waals surface area contributed by atoms with Crippen LogP contribution < -0.4 is 21.7 Å². The number of aromatic amines is 1. The van der Waals surface area contributed by atoms with Crippen LogP contribution in [0.3, 0.4) is 0 Å². The molecule has 2 fully saturated rings. The summed E-state index contributed by atoms with van der Waals surface area (Å²) in [6.07, 6.45) is -3.35. The summed E-state index contributed by atoms with van der Waals surface area (Å²) in [4.78, 5) is 51.0. The normalized spacial score (nSPS) is 25.9. The average Bonchev–Trinajstić information content (AvgIpc) is 3.45. The van der Waals surface area contributed by atoms with Gasteiger partial charge in [-0.25, -0.2) is 19.2 Å². The molecule has 216 valence electrons. The number of esters is 1. The van der Waals surface area contributed by atoms with Gasteiger partial charge in [0.2, 0.25) is 5.95 Å². The number of H-pyrrole nitrogens is 1.